The first-order valence-corrected chi connectivity index (χ1v) is 5.52. The molecule has 0 N–H and O–H groups in total. The molecule has 0 saturated heterocycles. The molecule has 14 heavy (non-hydrogen) atoms. The quantitative estimate of drug-likeness (QED) is 0.657. The van der Waals surface area contributed by atoms with Gasteiger partial charge in [0.15, 0.2) is 0 Å². The van der Waals surface area contributed by atoms with Crippen molar-refractivity contribution in [2.24, 2.45) is 5.92 Å². The van der Waals surface area contributed by atoms with Crippen LogP contribution in [-0.4, -0.2) is 0 Å². The SMILES string of the molecule is CC(C)(C)c1ccccc1[CH]C1CC1. The third-order valence-corrected chi connectivity index (χ3v) is 2.81. The summed E-state index contributed by atoms with van der Waals surface area (Å²) >= 11 is 0. The third kappa shape index (κ3) is 2.17. The van der Waals surface area contributed by atoms with Crippen molar-refractivity contribution in [3.05, 3.63) is 41.8 Å². The molecule has 0 heterocycles. The Morgan fingerprint density at radius 3 is 2.36 bits per heavy atom. The van der Waals surface area contributed by atoms with E-state index in [9.17, 15) is 0 Å². The minimum absolute atomic E-state index is 0.266. The van der Waals surface area contributed by atoms with E-state index in [1.165, 1.54) is 24.0 Å². The fourth-order valence-corrected chi connectivity index (χ4v) is 1.84. The molecular formula is C14H19. The van der Waals surface area contributed by atoms with Crippen LogP contribution in [0.4, 0.5) is 0 Å². The number of benzene rings is 1. The summed E-state index contributed by atoms with van der Waals surface area (Å²) in [5, 5.41) is 0. The second kappa shape index (κ2) is 3.42. The molecule has 0 aliphatic heterocycles. The highest BCUT2D eigenvalue weighted by Gasteiger charge is 2.25. The maximum absolute atomic E-state index is 2.45. The van der Waals surface area contributed by atoms with E-state index in [1.807, 2.05) is 0 Å². The van der Waals surface area contributed by atoms with Crippen molar-refractivity contribution >= 4 is 0 Å². The molecule has 1 aromatic rings. The molecular weight excluding hydrogens is 168 g/mol. The van der Waals surface area contributed by atoms with E-state index in [-0.39, 0.29) is 5.41 Å². The van der Waals surface area contributed by atoms with Crippen molar-refractivity contribution in [2.45, 2.75) is 39.0 Å². The van der Waals surface area contributed by atoms with Crippen molar-refractivity contribution in [1.82, 2.24) is 0 Å². The molecule has 0 bridgehead atoms. The largest absolute Gasteiger partial charge is 0.0620 e. The number of hydrogen-bond acceptors (Lipinski definition) is 0. The first-order valence-electron chi connectivity index (χ1n) is 5.52. The Balaban J connectivity index is 2.27. The smallest absolute Gasteiger partial charge is 0.00590 e. The van der Waals surface area contributed by atoms with E-state index >= 15 is 0 Å². The average Bonchev–Trinajstić information content (AvgIpc) is 2.87. The van der Waals surface area contributed by atoms with E-state index in [1.54, 1.807) is 0 Å². The zero-order chi connectivity index (χ0) is 10.2. The first kappa shape index (κ1) is 9.76. The number of rotatable bonds is 2. The van der Waals surface area contributed by atoms with Crippen LogP contribution in [-0.2, 0) is 5.41 Å². The summed E-state index contributed by atoms with van der Waals surface area (Å²) in [7, 11) is 0. The van der Waals surface area contributed by atoms with Gasteiger partial charge in [0.1, 0.15) is 0 Å². The Labute approximate surface area is 87.3 Å². The van der Waals surface area contributed by atoms with Gasteiger partial charge in [0.2, 0.25) is 0 Å². The molecule has 1 saturated carbocycles. The van der Waals surface area contributed by atoms with Crippen molar-refractivity contribution in [2.75, 3.05) is 0 Å². The topological polar surface area (TPSA) is 0 Å². The Morgan fingerprint density at radius 2 is 1.79 bits per heavy atom. The van der Waals surface area contributed by atoms with E-state index in [4.69, 9.17) is 0 Å². The molecule has 1 aromatic carbocycles. The lowest BCUT2D eigenvalue weighted by Crippen LogP contribution is -2.13. The highest BCUT2D eigenvalue weighted by Crippen LogP contribution is 2.37. The van der Waals surface area contributed by atoms with Crippen molar-refractivity contribution in [3.63, 3.8) is 0 Å². The lowest BCUT2D eigenvalue weighted by Gasteiger charge is -2.22. The molecule has 0 nitrogen and oxygen atoms in total. The van der Waals surface area contributed by atoms with E-state index in [2.05, 4.69) is 51.5 Å². The van der Waals surface area contributed by atoms with Crippen molar-refractivity contribution in [1.29, 1.82) is 0 Å². The second-order valence-electron chi connectivity index (χ2n) is 5.34. The van der Waals surface area contributed by atoms with Crippen LogP contribution in [0, 0.1) is 12.3 Å². The maximum Gasteiger partial charge on any atom is -0.00590 e. The molecule has 0 heteroatoms. The van der Waals surface area contributed by atoms with E-state index in [0.29, 0.717) is 0 Å². The van der Waals surface area contributed by atoms with Crippen LogP contribution in [0.15, 0.2) is 24.3 Å². The van der Waals surface area contributed by atoms with Gasteiger partial charge in [0.05, 0.1) is 0 Å². The van der Waals surface area contributed by atoms with Gasteiger partial charge in [-0.15, -0.1) is 0 Å². The summed E-state index contributed by atoms with van der Waals surface area (Å²) < 4.78 is 0. The van der Waals surface area contributed by atoms with E-state index in [0.717, 1.165) is 5.92 Å². The summed E-state index contributed by atoms with van der Waals surface area (Å²) in [6, 6.07) is 8.79. The molecule has 1 fully saturated rings. The summed E-state index contributed by atoms with van der Waals surface area (Å²) in [6.45, 7) is 6.85. The molecule has 0 aromatic heterocycles. The average molecular weight is 187 g/mol. The van der Waals surface area contributed by atoms with Crippen LogP contribution in [0.3, 0.4) is 0 Å². The molecule has 0 unspecified atom stereocenters. The predicted molar refractivity (Wildman–Crippen MR) is 61.3 cm³/mol. The van der Waals surface area contributed by atoms with Gasteiger partial charge in [-0.05, 0) is 41.7 Å². The Morgan fingerprint density at radius 1 is 1.14 bits per heavy atom. The van der Waals surface area contributed by atoms with Gasteiger partial charge in [-0.2, -0.15) is 0 Å². The van der Waals surface area contributed by atoms with Gasteiger partial charge in [-0.1, -0.05) is 45.0 Å². The zero-order valence-electron chi connectivity index (χ0n) is 9.38. The normalized spacial score (nSPS) is 17.1. The van der Waals surface area contributed by atoms with Crippen molar-refractivity contribution in [3.8, 4) is 0 Å². The summed E-state index contributed by atoms with van der Waals surface area (Å²) in [4.78, 5) is 0. The summed E-state index contributed by atoms with van der Waals surface area (Å²) in [6.07, 6.45) is 5.22. The first-order chi connectivity index (χ1) is 6.57. The van der Waals surface area contributed by atoms with Crippen LogP contribution in [0.5, 0.6) is 0 Å². The minimum atomic E-state index is 0.266. The third-order valence-electron chi connectivity index (χ3n) is 2.81. The van der Waals surface area contributed by atoms with Gasteiger partial charge in [0, 0.05) is 0 Å². The maximum atomic E-state index is 2.45. The summed E-state index contributed by atoms with van der Waals surface area (Å²) in [5.41, 5.74) is 3.19. The van der Waals surface area contributed by atoms with Crippen LogP contribution >= 0.6 is 0 Å². The van der Waals surface area contributed by atoms with Crippen molar-refractivity contribution < 1.29 is 0 Å². The second-order valence-corrected chi connectivity index (χ2v) is 5.34. The predicted octanol–water partition coefficient (Wildman–Crippen LogP) is 3.95. The molecule has 0 spiro atoms. The van der Waals surface area contributed by atoms with Crippen LogP contribution in [0.25, 0.3) is 0 Å². The van der Waals surface area contributed by atoms with E-state index < -0.39 is 0 Å². The summed E-state index contributed by atoms with van der Waals surface area (Å²) in [5.74, 6) is 0.860. The van der Waals surface area contributed by atoms with Gasteiger partial charge in [-0.3, -0.25) is 0 Å². The standard InChI is InChI=1S/C14H19/c1-14(2,3)13-7-5-4-6-12(13)10-11-8-9-11/h4-7,10-11H,8-9H2,1-3H3. The Hall–Kier alpha value is -0.780. The molecule has 0 atom stereocenters. The highest BCUT2D eigenvalue weighted by atomic mass is 14.3. The van der Waals surface area contributed by atoms with Crippen LogP contribution in [0.2, 0.25) is 0 Å². The van der Waals surface area contributed by atoms with Gasteiger partial charge < -0.3 is 0 Å². The van der Waals surface area contributed by atoms with Gasteiger partial charge >= 0.3 is 0 Å². The fourth-order valence-electron chi connectivity index (χ4n) is 1.84. The Kier molecular flexibility index (Phi) is 2.38. The minimum Gasteiger partial charge on any atom is -0.0620 e. The van der Waals surface area contributed by atoms with Crippen LogP contribution < -0.4 is 0 Å². The lowest BCUT2D eigenvalue weighted by molar-refractivity contribution is 0.586. The monoisotopic (exact) mass is 187 g/mol. The van der Waals surface area contributed by atoms with Gasteiger partial charge in [-0.25, -0.2) is 0 Å². The molecule has 1 aliphatic carbocycles. The molecule has 0 amide bonds. The molecule has 1 radical (unpaired) electrons. The number of hydrogen-bond donors (Lipinski definition) is 0. The molecule has 75 valence electrons. The lowest BCUT2D eigenvalue weighted by atomic mass is 9.82. The molecule has 2 rings (SSSR count). The van der Waals surface area contributed by atoms with Gasteiger partial charge in [0.25, 0.3) is 0 Å². The fraction of sp³-hybridized carbons (Fsp3) is 0.500. The molecule has 1 aliphatic rings. The highest BCUT2D eigenvalue weighted by molar-refractivity contribution is 5.38. The van der Waals surface area contributed by atoms with Crippen LogP contribution in [0.1, 0.15) is 44.7 Å². The zero-order valence-corrected chi connectivity index (χ0v) is 9.38. The Bertz CT molecular complexity index is 313.